The van der Waals surface area contributed by atoms with E-state index in [9.17, 15) is 18.3 Å². The molecule has 1 aromatic carbocycles. The van der Waals surface area contributed by atoms with Crippen LogP contribution in [-0.2, 0) is 5.41 Å². The highest BCUT2D eigenvalue weighted by atomic mass is 19.4. The first kappa shape index (κ1) is 16.8. The fraction of sp³-hybridized carbons (Fsp3) is 0.600. The summed E-state index contributed by atoms with van der Waals surface area (Å²) in [5.74, 6) is 0.615. The third-order valence-electron chi connectivity index (χ3n) is 3.32. The van der Waals surface area contributed by atoms with Crippen LogP contribution in [0, 0.1) is 0 Å². The molecule has 0 amide bonds. The van der Waals surface area contributed by atoms with Crippen molar-refractivity contribution in [2.45, 2.75) is 51.3 Å². The van der Waals surface area contributed by atoms with Crippen LogP contribution in [-0.4, -0.2) is 23.5 Å². The smallest absolute Gasteiger partial charge is 0.416 e. The van der Waals surface area contributed by atoms with Crippen LogP contribution in [0.25, 0.3) is 0 Å². The Hall–Kier alpha value is -1.23. The van der Waals surface area contributed by atoms with Gasteiger partial charge in [-0.2, -0.15) is 13.2 Å². The molecule has 0 bridgehead atoms. The molecule has 1 unspecified atom stereocenters. The van der Waals surface area contributed by atoms with Crippen LogP contribution in [0.4, 0.5) is 13.2 Å². The lowest BCUT2D eigenvalue weighted by Gasteiger charge is -2.35. The van der Waals surface area contributed by atoms with E-state index in [-0.39, 0.29) is 0 Å². The lowest BCUT2D eigenvalue weighted by molar-refractivity contribution is -0.259. The van der Waals surface area contributed by atoms with E-state index in [2.05, 4.69) is 0 Å². The molecule has 0 heterocycles. The van der Waals surface area contributed by atoms with Crippen molar-refractivity contribution in [1.82, 2.24) is 0 Å². The molecular weight excluding hydrogens is 269 g/mol. The first-order valence-electron chi connectivity index (χ1n) is 6.52. The minimum atomic E-state index is -4.65. The Morgan fingerprint density at radius 2 is 1.75 bits per heavy atom. The number of hydrogen-bond acceptors (Lipinski definition) is 2. The second kappa shape index (κ2) is 5.64. The van der Waals surface area contributed by atoms with E-state index in [0.29, 0.717) is 17.9 Å². The van der Waals surface area contributed by atoms with E-state index in [1.54, 1.807) is 38.1 Å². The Kier molecular flexibility index (Phi) is 4.74. The van der Waals surface area contributed by atoms with E-state index in [1.807, 2.05) is 6.92 Å². The zero-order chi connectivity index (χ0) is 15.6. The van der Waals surface area contributed by atoms with Crippen LogP contribution in [0.3, 0.4) is 0 Å². The van der Waals surface area contributed by atoms with E-state index in [1.165, 1.54) is 0 Å². The Balaban J connectivity index is 3.02. The fourth-order valence-electron chi connectivity index (χ4n) is 2.24. The molecule has 1 N–H and O–H groups in total. The maximum atomic E-state index is 12.8. The predicted molar refractivity (Wildman–Crippen MR) is 71.9 cm³/mol. The van der Waals surface area contributed by atoms with Gasteiger partial charge in [-0.25, -0.2) is 0 Å². The zero-order valence-electron chi connectivity index (χ0n) is 12.2. The molecule has 0 saturated heterocycles. The molecule has 0 saturated carbocycles. The van der Waals surface area contributed by atoms with Crippen LogP contribution in [0.2, 0.25) is 0 Å². The summed E-state index contributed by atoms with van der Waals surface area (Å²) in [4.78, 5) is 0. The molecular formula is C15H21F3O2. The molecule has 0 aliphatic heterocycles. The molecule has 0 aromatic heterocycles. The van der Waals surface area contributed by atoms with Crippen LogP contribution >= 0.6 is 0 Å². The maximum absolute atomic E-state index is 12.8. The van der Waals surface area contributed by atoms with Gasteiger partial charge in [0.1, 0.15) is 5.75 Å². The van der Waals surface area contributed by atoms with E-state index >= 15 is 0 Å². The number of rotatable bonds is 5. The highest BCUT2D eigenvalue weighted by Crippen LogP contribution is 2.41. The van der Waals surface area contributed by atoms with Gasteiger partial charge in [0.05, 0.1) is 6.61 Å². The summed E-state index contributed by atoms with van der Waals surface area (Å²) < 4.78 is 43.8. The third kappa shape index (κ3) is 3.88. The standard InChI is InChI=1S/C15H21F3O2/c1-5-20-12-8-6-7-11(9-12)13(2,3)10-14(4,19)15(16,17)18/h6-9,19H,5,10H2,1-4H3. The van der Waals surface area contributed by atoms with Gasteiger partial charge in [-0.1, -0.05) is 26.0 Å². The molecule has 1 aromatic rings. The zero-order valence-corrected chi connectivity index (χ0v) is 12.2. The van der Waals surface area contributed by atoms with Crippen LogP contribution in [0.15, 0.2) is 24.3 Å². The van der Waals surface area contributed by atoms with E-state index in [0.717, 1.165) is 6.92 Å². The number of hydrogen-bond donors (Lipinski definition) is 1. The quantitative estimate of drug-likeness (QED) is 0.886. The molecule has 0 spiro atoms. The van der Waals surface area contributed by atoms with Gasteiger partial charge in [-0.15, -0.1) is 0 Å². The number of ether oxygens (including phenoxy) is 1. The Labute approximate surface area is 117 Å². The largest absolute Gasteiger partial charge is 0.494 e. The fourth-order valence-corrected chi connectivity index (χ4v) is 2.24. The van der Waals surface area contributed by atoms with Crippen LogP contribution in [0.1, 0.15) is 39.7 Å². The second-order valence-corrected chi connectivity index (χ2v) is 5.79. The highest BCUT2D eigenvalue weighted by molar-refractivity contribution is 5.33. The summed E-state index contributed by atoms with van der Waals surface area (Å²) >= 11 is 0. The van der Waals surface area contributed by atoms with Gasteiger partial charge in [-0.3, -0.25) is 0 Å². The molecule has 5 heteroatoms. The molecule has 114 valence electrons. The summed E-state index contributed by atoms with van der Waals surface area (Å²) in [6, 6.07) is 6.96. The van der Waals surface area contributed by atoms with Crippen LogP contribution in [0.5, 0.6) is 5.75 Å². The van der Waals surface area contributed by atoms with Crippen molar-refractivity contribution < 1.29 is 23.0 Å². The van der Waals surface area contributed by atoms with E-state index in [4.69, 9.17) is 4.74 Å². The lowest BCUT2D eigenvalue weighted by atomic mass is 9.75. The number of halogens is 3. The van der Waals surface area contributed by atoms with Crippen molar-refractivity contribution in [3.05, 3.63) is 29.8 Å². The molecule has 0 aliphatic carbocycles. The van der Waals surface area contributed by atoms with Crippen molar-refractivity contribution in [2.24, 2.45) is 0 Å². The molecule has 0 fully saturated rings. The van der Waals surface area contributed by atoms with Gasteiger partial charge in [0, 0.05) is 0 Å². The Morgan fingerprint density at radius 1 is 1.15 bits per heavy atom. The summed E-state index contributed by atoms with van der Waals surface area (Å²) in [6.07, 6.45) is -5.07. The molecule has 0 radical (unpaired) electrons. The van der Waals surface area contributed by atoms with E-state index < -0.39 is 23.6 Å². The molecule has 1 atom stereocenters. The topological polar surface area (TPSA) is 29.5 Å². The van der Waals surface area contributed by atoms with Gasteiger partial charge >= 0.3 is 6.18 Å². The molecule has 1 rings (SSSR count). The first-order chi connectivity index (χ1) is 8.99. The van der Waals surface area contributed by atoms with Crippen LogP contribution < -0.4 is 4.74 Å². The summed E-state index contributed by atoms with van der Waals surface area (Å²) in [6.45, 7) is 6.49. The number of benzene rings is 1. The number of aliphatic hydroxyl groups is 1. The van der Waals surface area contributed by atoms with Crippen molar-refractivity contribution >= 4 is 0 Å². The predicted octanol–water partition coefficient (Wildman–Crippen LogP) is 4.07. The monoisotopic (exact) mass is 290 g/mol. The van der Waals surface area contributed by atoms with Gasteiger partial charge in [0.2, 0.25) is 0 Å². The van der Waals surface area contributed by atoms with Crippen molar-refractivity contribution in [3.63, 3.8) is 0 Å². The lowest BCUT2D eigenvalue weighted by Crippen LogP contribution is -2.46. The Morgan fingerprint density at radius 3 is 2.25 bits per heavy atom. The molecule has 2 nitrogen and oxygen atoms in total. The van der Waals surface area contributed by atoms with Crippen molar-refractivity contribution in [1.29, 1.82) is 0 Å². The highest BCUT2D eigenvalue weighted by Gasteiger charge is 2.52. The summed E-state index contributed by atoms with van der Waals surface area (Å²) in [5, 5.41) is 9.66. The minimum absolute atomic E-state index is 0.418. The minimum Gasteiger partial charge on any atom is -0.494 e. The molecule has 0 aliphatic rings. The summed E-state index contributed by atoms with van der Waals surface area (Å²) in [7, 11) is 0. The first-order valence-corrected chi connectivity index (χ1v) is 6.52. The number of alkyl halides is 3. The molecule has 20 heavy (non-hydrogen) atoms. The van der Waals surface area contributed by atoms with Gasteiger partial charge in [0.25, 0.3) is 0 Å². The Bertz CT molecular complexity index is 451. The third-order valence-corrected chi connectivity index (χ3v) is 3.32. The second-order valence-electron chi connectivity index (χ2n) is 5.79. The average molecular weight is 290 g/mol. The van der Waals surface area contributed by atoms with Gasteiger partial charge in [-0.05, 0) is 43.4 Å². The summed E-state index contributed by atoms with van der Waals surface area (Å²) in [5.41, 5.74) is -2.85. The van der Waals surface area contributed by atoms with Crippen molar-refractivity contribution in [3.8, 4) is 5.75 Å². The van der Waals surface area contributed by atoms with Crippen molar-refractivity contribution in [2.75, 3.05) is 6.61 Å². The van der Waals surface area contributed by atoms with Gasteiger partial charge < -0.3 is 9.84 Å². The maximum Gasteiger partial charge on any atom is 0.416 e. The van der Waals surface area contributed by atoms with Gasteiger partial charge in [0.15, 0.2) is 5.60 Å². The average Bonchev–Trinajstić information content (AvgIpc) is 2.27. The normalized spacial score (nSPS) is 15.8. The SMILES string of the molecule is CCOc1cccc(C(C)(C)CC(C)(O)C(F)(F)F)c1.